The lowest BCUT2D eigenvalue weighted by atomic mass is 10.1. The Kier molecular flexibility index (Phi) is 4.42. The summed E-state index contributed by atoms with van der Waals surface area (Å²) in [6.45, 7) is 3.17. The molecule has 1 aliphatic heterocycles. The van der Waals surface area contributed by atoms with Crippen molar-refractivity contribution in [2.24, 2.45) is 5.16 Å². The zero-order valence-corrected chi connectivity index (χ0v) is 12.5. The van der Waals surface area contributed by atoms with Gasteiger partial charge in [0.1, 0.15) is 0 Å². The molecule has 1 aromatic rings. The first-order chi connectivity index (χ1) is 9.92. The quantitative estimate of drug-likeness (QED) is 0.865. The van der Waals surface area contributed by atoms with Crippen molar-refractivity contribution in [3.63, 3.8) is 0 Å². The number of oxime groups is 1. The first kappa shape index (κ1) is 15.2. The van der Waals surface area contributed by atoms with E-state index in [0.29, 0.717) is 12.1 Å². The minimum atomic E-state index is -0.691. The van der Waals surface area contributed by atoms with Crippen LogP contribution in [0.1, 0.15) is 42.6 Å². The average Bonchev–Trinajstić information content (AvgIpc) is 2.86. The molecular formula is C13H14ClN3O4. The van der Waals surface area contributed by atoms with Gasteiger partial charge < -0.3 is 14.9 Å². The Morgan fingerprint density at radius 1 is 1.52 bits per heavy atom. The van der Waals surface area contributed by atoms with E-state index in [0.717, 1.165) is 5.71 Å². The molecule has 0 spiro atoms. The summed E-state index contributed by atoms with van der Waals surface area (Å²) >= 11 is 6.09. The molecular weight excluding hydrogens is 298 g/mol. The number of halogens is 1. The number of amides is 1. The minimum Gasteiger partial charge on any atom is -0.464 e. The van der Waals surface area contributed by atoms with E-state index in [9.17, 15) is 9.59 Å². The number of hydrogen-bond donors (Lipinski definition) is 1. The van der Waals surface area contributed by atoms with Crippen molar-refractivity contribution in [3.8, 4) is 0 Å². The largest absolute Gasteiger partial charge is 0.464 e. The van der Waals surface area contributed by atoms with E-state index in [4.69, 9.17) is 16.4 Å². The van der Waals surface area contributed by atoms with Crippen LogP contribution < -0.4 is 5.32 Å². The number of rotatable bonds is 3. The summed E-state index contributed by atoms with van der Waals surface area (Å²) in [7, 11) is 1.23. The molecule has 1 unspecified atom stereocenters. The molecule has 0 saturated carbocycles. The molecule has 0 fully saturated rings. The molecule has 112 valence electrons. The molecule has 0 bridgehead atoms. The molecule has 1 aliphatic rings. The minimum absolute atomic E-state index is 0.0245. The van der Waals surface area contributed by atoms with Gasteiger partial charge in [0.25, 0.3) is 0 Å². The Bertz CT molecular complexity index is 630. The zero-order valence-electron chi connectivity index (χ0n) is 11.8. The fourth-order valence-corrected chi connectivity index (χ4v) is 2.10. The van der Waals surface area contributed by atoms with Crippen LogP contribution in [0, 0.1) is 0 Å². The molecule has 2 heterocycles. The van der Waals surface area contributed by atoms with Crippen LogP contribution in [-0.4, -0.2) is 29.7 Å². The number of pyridine rings is 1. The number of hydrogen-bond acceptors (Lipinski definition) is 6. The summed E-state index contributed by atoms with van der Waals surface area (Å²) in [6, 6.07) is 1.56. The number of carbonyl (C=O) groups is 2. The second kappa shape index (κ2) is 6.09. The van der Waals surface area contributed by atoms with Crippen molar-refractivity contribution in [3.05, 3.63) is 22.5 Å². The number of carbonyl (C=O) groups excluding carboxylic acids is 2. The Morgan fingerprint density at radius 2 is 2.24 bits per heavy atom. The molecule has 0 aliphatic carbocycles. The number of esters is 1. The molecule has 1 N–H and O–H groups in total. The van der Waals surface area contributed by atoms with E-state index < -0.39 is 12.1 Å². The van der Waals surface area contributed by atoms with Gasteiger partial charge in [0.05, 0.1) is 29.2 Å². The number of nitrogens with zero attached hydrogens (tertiary/aromatic N) is 2. The van der Waals surface area contributed by atoms with E-state index in [-0.39, 0.29) is 22.3 Å². The molecule has 7 nitrogen and oxygen atoms in total. The van der Waals surface area contributed by atoms with Gasteiger partial charge in [-0.2, -0.15) is 0 Å². The molecule has 1 atom stereocenters. The molecule has 21 heavy (non-hydrogen) atoms. The molecule has 0 aromatic carbocycles. The van der Waals surface area contributed by atoms with Gasteiger partial charge in [0, 0.05) is 13.3 Å². The summed E-state index contributed by atoms with van der Waals surface area (Å²) < 4.78 is 4.65. The van der Waals surface area contributed by atoms with E-state index in [1.165, 1.54) is 14.0 Å². The predicted molar refractivity (Wildman–Crippen MR) is 76.4 cm³/mol. The highest BCUT2D eigenvalue weighted by Crippen LogP contribution is 2.32. The zero-order chi connectivity index (χ0) is 15.6. The molecule has 2 rings (SSSR count). The van der Waals surface area contributed by atoms with E-state index in [1.54, 1.807) is 6.07 Å². The van der Waals surface area contributed by atoms with E-state index in [2.05, 4.69) is 20.2 Å². The van der Waals surface area contributed by atoms with Crippen LogP contribution >= 0.6 is 11.6 Å². The SMILES string of the molecule is COC(=O)c1nc(C2CC(C)=NO2)cc(NC(C)=O)c1Cl. The first-order valence-corrected chi connectivity index (χ1v) is 6.55. The standard InChI is InChI=1S/C13H14ClN3O4/c1-6-4-10(21-17-6)8-5-9(15-7(2)18)11(14)12(16-8)13(19)20-3/h5,10H,4H2,1-3H3,(H,15,16,18). The van der Waals surface area contributed by atoms with Gasteiger partial charge in [0.15, 0.2) is 11.8 Å². The summed E-state index contributed by atoms with van der Waals surface area (Å²) in [4.78, 5) is 32.4. The van der Waals surface area contributed by atoms with Crippen molar-refractivity contribution in [2.75, 3.05) is 12.4 Å². The van der Waals surface area contributed by atoms with Crippen molar-refractivity contribution < 1.29 is 19.2 Å². The smallest absolute Gasteiger partial charge is 0.358 e. The molecule has 0 saturated heterocycles. The number of ether oxygens (including phenoxy) is 1. The van der Waals surface area contributed by atoms with Crippen LogP contribution in [0.3, 0.4) is 0 Å². The van der Waals surface area contributed by atoms with Crippen LogP contribution in [0.25, 0.3) is 0 Å². The Morgan fingerprint density at radius 3 is 2.76 bits per heavy atom. The second-order valence-corrected chi connectivity index (χ2v) is 4.93. The fraction of sp³-hybridized carbons (Fsp3) is 0.385. The van der Waals surface area contributed by atoms with Crippen molar-refractivity contribution in [2.45, 2.75) is 26.4 Å². The summed E-state index contributed by atoms with van der Waals surface area (Å²) in [5, 5.41) is 6.42. The van der Waals surface area contributed by atoms with Gasteiger partial charge in [-0.3, -0.25) is 4.79 Å². The highest BCUT2D eigenvalue weighted by Gasteiger charge is 2.26. The third-order valence-electron chi connectivity index (χ3n) is 2.81. The van der Waals surface area contributed by atoms with Gasteiger partial charge >= 0.3 is 5.97 Å². The van der Waals surface area contributed by atoms with Crippen LogP contribution in [0.4, 0.5) is 5.69 Å². The van der Waals surface area contributed by atoms with Crippen molar-refractivity contribution >= 4 is 34.9 Å². The topological polar surface area (TPSA) is 89.9 Å². The van der Waals surface area contributed by atoms with Gasteiger partial charge in [-0.15, -0.1) is 0 Å². The van der Waals surface area contributed by atoms with Gasteiger partial charge in [-0.25, -0.2) is 9.78 Å². The number of anilines is 1. The predicted octanol–water partition coefficient (Wildman–Crippen LogP) is 2.32. The van der Waals surface area contributed by atoms with Crippen molar-refractivity contribution in [1.82, 2.24) is 4.98 Å². The summed E-state index contributed by atoms with van der Waals surface area (Å²) in [6.07, 6.45) is 0.132. The van der Waals surface area contributed by atoms with Crippen LogP contribution in [-0.2, 0) is 14.4 Å². The van der Waals surface area contributed by atoms with E-state index >= 15 is 0 Å². The van der Waals surface area contributed by atoms with Gasteiger partial charge in [-0.1, -0.05) is 16.8 Å². The van der Waals surface area contributed by atoms with Crippen LogP contribution in [0.2, 0.25) is 5.02 Å². The number of nitrogens with one attached hydrogen (secondary N) is 1. The normalized spacial score (nSPS) is 17.0. The highest BCUT2D eigenvalue weighted by molar-refractivity contribution is 6.36. The maximum absolute atomic E-state index is 11.8. The lowest BCUT2D eigenvalue weighted by Crippen LogP contribution is -2.14. The van der Waals surface area contributed by atoms with Gasteiger partial charge in [0.2, 0.25) is 5.91 Å². The third-order valence-corrected chi connectivity index (χ3v) is 3.20. The van der Waals surface area contributed by atoms with Gasteiger partial charge in [-0.05, 0) is 13.0 Å². The molecule has 1 amide bonds. The van der Waals surface area contributed by atoms with Crippen LogP contribution in [0.5, 0.6) is 0 Å². The van der Waals surface area contributed by atoms with Crippen LogP contribution in [0.15, 0.2) is 11.2 Å². The lowest BCUT2D eigenvalue weighted by Gasteiger charge is -2.14. The maximum Gasteiger partial charge on any atom is 0.358 e. The molecule has 0 radical (unpaired) electrons. The molecule has 8 heteroatoms. The van der Waals surface area contributed by atoms with Crippen molar-refractivity contribution in [1.29, 1.82) is 0 Å². The highest BCUT2D eigenvalue weighted by atomic mass is 35.5. The first-order valence-electron chi connectivity index (χ1n) is 6.18. The average molecular weight is 312 g/mol. The lowest BCUT2D eigenvalue weighted by molar-refractivity contribution is -0.114. The number of methoxy groups -OCH3 is 1. The maximum atomic E-state index is 11.8. The molecule has 1 aromatic heterocycles. The monoisotopic (exact) mass is 311 g/mol. The fourth-order valence-electron chi connectivity index (χ4n) is 1.88. The van der Waals surface area contributed by atoms with E-state index in [1.807, 2.05) is 6.92 Å². The second-order valence-electron chi connectivity index (χ2n) is 4.55. The third kappa shape index (κ3) is 3.30. The summed E-state index contributed by atoms with van der Waals surface area (Å²) in [5.74, 6) is -1.01. The Labute approximate surface area is 126 Å². The Hall–Kier alpha value is -2.15. The number of aromatic nitrogens is 1. The Balaban J connectivity index is 2.45. The summed E-state index contributed by atoms with van der Waals surface area (Å²) in [5.41, 5.74) is 1.47.